The van der Waals surface area contributed by atoms with E-state index in [1.807, 2.05) is 65.5 Å². The van der Waals surface area contributed by atoms with Gasteiger partial charge in [-0.05, 0) is 65.8 Å². The Morgan fingerprint density at radius 2 is 1.41 bits per heavy atom. The van der Waals surface area contributed by atoms with Gasteiger partial charge in [-0.15, -0.1) is 0 Å². The van der Waals surface area contributed by atoms with E-state index in [1.54, 1.807) is 12.1 Å². The van der Waals surface area contributed by atoms with Crippen molar-refractivity contribution >= 4 is 5.91 Å². The maximum absolute atomic E-state index is 13.8. The van der Waals surface area contributed by atoms with Gasteiger partial charge in [-0.3, -0.25) is 4.79 Å². The summed E-state index contributed by atoms with van der Waals surface area (Å²) in [4.78, 5) is 23.6. The molecule has 0 saturated carbocycles. The van der Waals surface area contributed by atoms with Crippen LogP contribution in [-0.4, -0.2) is 43.9 Å². The largest absolute Gasteiger partial charge is 0.396 e. The molecule has 0 radical (unpaired) electrons. The van der Waals surface area contributed by atoms with Crippen LogP contribution in [0.1, 0.15) is 44.7 Å². The van der Waals surface area contributed by atoms with Gasteiger partial charge >= 0.3 is 0 Å². The molecule has 0 aliphatic heterocycles. The molecule has 1 aliphatic carbocycles. The zero-order chi connectivity index (χ0) is 31.5. The topological polar surface area (TPSA) is 92.9 Å². The first-order valence-electron chi connectivity index (χ1n) is 15.4. The Balaban J connectivity index is 1.57. The van der Waals surface area contributed by atoms with E-state index >= 15 is 0 Å². The molecule has 0 atom stereocenters. The molecule has 2 heterocycles. The first-order valence-corrected chi connectivity index (χ1v) is 15.4. The lowest BCUT2D eigenvalue weighted by Gasteiger charge is -2.38. The van der Waals surface area contributed by atoms with Crippen LogP contribution in [0.4, 0.5) is 4.39 Å². The van der Waals surface area contributed by atoms with E-state index in [0.29, 0.717) is 48.6 Å². The molecule has 0 saturated heterocycles. The molecule has 1 amide bonds. The molecule has 4 aromatic carbocycles. The van der Waals surface area contributed by atoms with E-state index in [9.17, 15) is 14.3 Å². The second-order valence-corrected chi connectivity index (χ2v) is 11.3. The first-order chi connectivity index (χ1) is 22.6. The van der Waals surface area contributed by atoms with E-state index in [0.717, 1.165) is 33.5 Å². The molecule has 0 spiro atoms. The first kappa shape index (κ1) is 29.3. The molecule has 1 aliphatic rings. The van der Waals surface area contributed by atoms with Crippen molar-refractivity contribution in [3.05, 3.63) is 161 Å². The Bertz CT molecular complexity index is 1880. The second-order valence-electron chi connectivity index (χ2n) is 11.3. The van der Waals surface area contributed by atoms with Gasteiger partial charge in [0.2, 0.25) is 0 Å². The highest BCUT2D eigenvalue weighted by Gasteiger charge is 2.44. The molecule has 0 bridgehead atoms. The van der Waals surface area contributed by atoms with Crippen LogP contribution >= 0.6 is 0 Å². The lowest BCUT2D eigenvalue weighted by atomic mass is 9.76. The molecule has 6 aromatic rings. The summed E-state index contributed by atoms with van der Waals surface area (Å²) < 4.78 is 15.8. The number of rotatable bonds is 9. The van der Waals surface area contributed by atoms with Crippen molar-refractivity contribution in [2.45, 2.75) is 24.8 Å². The zero-order valence-electron chi connectivity index (χ0n) is 25.1. The highest BCUT2D eigenvalue weighted by atomic mass is 19.1. The summed E-state index contributed by atoms with van der Waals surface area (Å²) in [5.74, 6) is -0.182. The number of aliphatic hydroxyl groups excluding tert-OH is 1. The monoisotopic (exact) mass is 609 g/mol. The summed E-state index contributed by atoms with van der Waals surface area (Å²) in [6.07, 6.45) is 3.47. The van der Waals surface area contributed by atoms with Gasteiger partial charge in [0, 0.05) is 30.5 Å². The minimum atomic E-state index is -0.993. The van der Waals surface area contributed by atoms with Crippen molar-refractivity contribution in [2.75, 3.05) is 13.2 Å². The van der Waals surface area contributed by atoms with Crippen LogP contribution in [0.3, 0.4) is 0 Å². The number of aliphatic hydroxyl groups is 1. The molecular formula is C38H32FN5O2. The highest BCUT2D eigenvalue weighted by Crippen LogP contribution is 2.46. The van der Waals surface area contributed by atoms with Gasteiger partial charge in [0.1, 0.15) is 11.4 Å². The lowest BCUT2D eigenvalue weighted by Crippen LogP contribution is -2.39. The van der Waals surface area contributed by atoms with Crippen LogP contribution in [0.15, 0.2) is 121 Å². The van der Waals surface area contributed by atoms with Gasteiger partial charge in [0.25, 0.3) is 5.91 Å². The van der Waals surface area contributed by atoms with Crippen molar-refractivity contribution in [3.8, 4) is 22.8 Å². The molecule has 7 nitrogen and oxygen atoms in total. The zero-order valence-corrected chi connectivity index (χ0v) is 25.1. The smallest absolute Gasteiger partial charge is 0.272 e. The van der Waals surface area contributed by atoms with Crippen molar-refractivity contribution < 1.29 is 14.3 Å². The third-order valence-electron chi connectivity index (χ3n) is 8.55. The van der Waals surface area contributed by atoms with E-state index in [1.165, 1.54) is 12.1 Å². The highest BCUT2D eigenvalue weighted by molar-refractivity contribution is 5.96. The molecule has 2 N–H and O–H groups in total. The molecular weight excluding hydrogens is 577 g/mol. The average molecular weight is 610 g/mol. The lowest BCUT2D eigenvalue weighted by molar-refractivity contribution is 0.0944. The Kier molecular flexibility index (Phi) is 7.95. The Morgan fingerprint density at radius 1 is 0.826 bits per heavy atom. The fourth-order valence-corrected chi connectivity index (χ4v) is 6.42. The Hall–Kier alpha value is -5.47. The predicted molar refractivity (Wildman–Crippen MR) is 175 cm³/mol. The quantitative estimate of drug-likeness (QED) is 0.151. The van der Waals surface area contributed by atoms with Gasteiger partial charge in [-0.25, -0.2) is 19.0 Å². The second kappa shape index (κ2) is 12.5. The maximum Gasteiger partial charge on any atom is 0.272 e. The van der Waals surface area contributed by atoms with Crippen molar-refractivity contribution in [1.29, 1.82) is 0 Å². The van der Waals surface area contributed by atoms with Gasteiger partial charge in [-0.1, -0.05) is 91.0 Å². The van der Waals surface area contributed by atoms with E-state index in [-0.39, 0.29) is 18.3 Å². The van der Waals surface area contributed by atoms with Gasteiger partial charge in [-0.2, -0.15) is 5.10 Å². The number of hydrogen-bond acceptors (Lipinski definition) is 5. The molecule has 2 aromatic heterocycles. The molecule has 8 heteroatoms. The normalized spacial score (nSPS) is 12.3. The minimum Gasteiger partial charge on any atom is -0.396 e. The maximum atomic E-state index is 13.8. The number of fused-ring (bicyclic) bond motifs is 3. The van der Waals surface area contributed by atoms with Crippen LogP contribution in [0.2, 0.25) is 0 Å². The number of carbonyl (C=O) groups is 1. The number of carbonyl (C=O) groups excluding carboxylic acids is 1. The SMILES string of the molecule is O=C(NCCCO)c1nn(C(c2ccccc2)(c2ccccc2)c2ccccc2)c2c1CCc1cnc(-c3ccc(F)cc3)nc1-2. The van der Waals surface area contributed by atoms with Gasteiger partial charge in [0.15, 0.2) is 11.5 Å². The van der Waals surface area contributed by atoms with Crippen LogP contribution in [0, 0.1) is 5.82 Å². The van der Waals surface area contributed by atoms with Crippen LogP contribution in [-0.2, 0) is 18.4 Å². The number of nitrogens with one attached hydrogen (secondary N) is 1. The van der Waals surface area contributed by atoms with E-state index < -0.39 is 5.54 Å². The minimum absolute atomic E-state index is 0.0254. The number of nitrogens with zero attached hydrogens (tertiary/aromatic N) is 4. The van der Waals surface area contributed by atoms with Crippen molar-refractivity contribution in [1.82, 2.24) is 25.1 Å². The van der Waals surface area contributed by atoms with Crippen molar-refractivity contribution in [2.24, 2.45) is 0 Å². The number of halogens is 1. The summed E-state index contributed by atoms with van der Waals surface area (Å²) in [7, 11) is 0. The van der Waals surface area contributed by atoms with Crippen molar-refractivity contribution in [3.63, 3.8) is 0 Å². The Morgan fingerprint density at radius 3 is 1.98 bits per heavy atom. The van der Waals surface area contributed by atoms with Gasteiger partial charge in [0.05, 0.1) is 11.4 Å². The number of hydrogen-bond donors (Lipinski definition) is 2. The summed E-state index contributed by atoms with van der Waals surface area (Å²) >= 11 is 0. The average Bonchev–Trinajstić information content (AvgIpc) is 3.51. The van der Waals surface area contributed by atoms with E-state index in [2.05, 4.69) is 46.7 Å². The molecule has 228 valence electrons. The Labute approximate surface area is 266 Å². The molecule has 0 unspecified atom stereocenters. The standard InChI is InChI=1S/C38H32FN5O2/c39-31-20-17-26(18-21-31)36-41-25-27-19-22-32-34(37(46)40-23-10-24-45)43-44(35(32)33(27)42-36)38(28-11-4-1-5-12-28,29-13-6-2-7-14-29)30-15-8-3-9-16-30/h1-9,11-18,20-21,25,45H,10,19,22-24H2,(H,40,46). The summed E-state index contributed by atoms with van der Waals surface area (Å²) in [6.45, 7) is 0.300. The van der Waals surface area contributed by atoms with E-state index in [4.69, 9.17) is 10.1 Å². The third kappa shape index (κ3) is 5.06. The number of aryl methyl sites for hydroxylation is 1. The van der Waals surface area contributed by atoms with Crippen LogP contribution < -0.4 is 5.32 Å². The summed E-state index contributed by atoms with van der Waals surface area (Å²) in [5.41, 5.74) is 6.06. The fourth-order valence-electron chi connectivity index (χ4n) is 6.42. The number of benzene rings is 4. The van der Waals surface area contributed by atoms with Gasteiger partial charge < -0.3 is 10.4 Å². The third-order valence-corrected chi connectivity index (χ3v) is 8.55. The fraction of sp³-hybridized carbons (Fsp3) is 0.158. The number of amides is 1. The predicted octanol–water partition coefficient (Wildman–Crippen LogP) is 6.20. The molecule has 7 rings (SSSR count). The summed E-state index contributed by atoms with van der Waals surface area (Å²) in [5, 5.41) is 17.5. The van der Waals surface area contributed by atoms with Crippen LogP contribution in [0.5, 0.6) is 0 Å². The summed E-state index contributed by atoms with van der Waals surface area (Å²) in [6, 6.07) is 36.7. The number of aromatic nitrogens is 4. The molecule has 0 fully saturated rings. The van der Waals surface area contributed by atoms with Crippen LogP contribution in [0.25, 0.3) is 22.8 Å². The molecule has 46 heavy (non-hydrogen) atoms.